The number of likely N-dealkylation sites (N-methyl/N-ethyl adjacent to an activating group) is 1. The van der Waals surface area contributed by atoms with Crippen molar-refractivity contribution in [2.24, 2.45) is 0 Å². The second kappa shape index (κ2) is 5.89. The smallest absolute Gasteiger partial charge is 0.0166 e. The van der Waals surface area contributed by atoms with E-state index in [1.807, 2.05) is 0 Å². The highest BCUT2D eigenvalue weighted by molar-refractivity contribution is 7.99. The van der Waals surface area contributed by atoms with Crippen molar-refractivity contribution < 1.29 is 0 Å². The fourth-order valence-corrected chi connectivity index (χ4v) is 2.59. The molecule has 0 aromatic carbocycles. The monoisotopic (exact) mass is 202 g/mol. The predicted octanol–water partition coefficient (Wildman–Crippen LogP) is 1.42. The first-order chi connectivity index (χ1) is 6.20. The lowest BCUT2D eigenvalue weighted by Gasteiger charge is -2.22. The molecular formula is C10H22N2S. The molecule has 1 aliphatic heterocycles. The minimum atomic E-state index is 0.666. The van der Waals surface area contributed by atoms with E-state index in [2.05, 4.69) is 42.9 Å². The fourth-order valence-electron chi connectivity index (χ4n) is 1.40. The molecule has 0 aliphatic carbocycles. The van der Waals surface area contributed by atoms with E-state index >= 15 is 0 Å². The minimum Gasteiger partial charge on any atom is -0.312 e. The third kappa shape index (κ3) is 4.34. The first kappa shape index (κ1) is 11.3. The van der Waals surface area contributed by atoms with Gasteiger partial charge in [0.15, 0.2) is 0 Å². The van der Waals surface area contributed by atoms with Crippen LogP contribution in [0.15, 0.2) is 0 Å². The number of hydrogen-bond acceptors (Lipinski definition) is 3. The van der Waals surface area contributed by atoms with Crippen molar-refractivity contribution in [3.63, 3.8) is 0 Å². The van der Waals surface area contributed by atoms with Gasteiger partial charge in [0.1, 0.15) is 0 Å². The second-order valence-electron chi connectivity index (χ2n) is 4.09. The molecule has 3 heteroatoms. The number of rotatable bonds is 5. The molecule has 1 N–H and O–H groups in total. The molecule has 1 saturated heterocycles. The van der Waals surface area contributed by atoms with Crippen LogP contribution in [0.3, 0.4) is 0 Å². The number of thioether (sulfide) groups is 1. The van der Waals surface area contributed by atoms with Gasteiger partial charge in [-0.15, -0.1) is 0 Å². The Kier molecular flexibility index (Phi) is 5.14. The van der Waals surface area contributed by atoms with Gasteiger partial charge in [0.05, 0.1) is 0 Å². The highest BCUT2D eigenvalue weighted by atomic mass is 32.2. The molecule has 0 spiro atoms. The summed E-state index contributed by atoms with van der Waals surface area (Å²) >= 11 is 2.07. The maximum Gasteiger partial charge on any atom is 0.0166 e. The van der Waals surface area contributed by atoms with Crippen molar-refractivity contribution in [3.8, 4) is 0 Å². The van der Waals surface area contributed by atoms with Gasteiger partial charge in [-0.1, -0.05) is 0 Å². The van der Waals surface area contributed by atoms with E-state index < -0.39 is 0 Å². The summed E-state index contributed by atoms with van der Waals surface area (Å²) in [4.78, 5) is 2.38. The fraction of sp³-hybridized carbons (Fsp3) is 1.00. The van der Waals surface area contributed by atoms with Crippen LogP contribution < -0.4 is 5.32 Å². The second-order valence-corrected chi connectivity index (χ2v) is 5.24. The van der Waals surface area contributed by atoms with Crippen molar-refractivity contribution in [3.05, 3.63) is 0 Å². The van der Waals surface area contributed by atoms with Crippen LogP contribution in [0.25, 0.3) is 0 Å². The highest BCUT2D eigenvalue weighted by Gasteiger charge is 2.14. The zero-order valence-corrected chi connectivity index (χ0v) is 9.86. The normalized spacial score (nSPS) is 23.3. The number of nitrogens with one attached hydrogen (secondary N) is 1. The zero-order valence-electron chi connectivity index (χ0n) is 9.05. The molecule has 1 rings (SSSR count). The Balaban J connectivity index is 1.99. The number of hydrogen-bond donors (Lipinski definition) is 1. The molecule has 0 aromatic rings. The SMILES string of the molecule is CC(C)N(C)CCNC1CCSC1. The maximum atomic E-state index is 3.60. The zero-order chi connectivity index (χ0) is 9.68. The van der Waals surface area contributed by atoms with E-state index in [1.165, 1.54) is 24.5 Å². The average Bonchev–Trinajstić information content (AvgIpc) is 2.56. The van der Waals surface area contributed by atoms with Crippen LogP contribution in [0.2, 0.25) is 0 Å². The molecule has 1 fully saturated rings. The topological polar surface area (TPSA) is 15.3 Å². The maximum absolute atomic E-state index is 3.60. The van der Waals surface area contributed by atoms with E-state index in [1.54, 1.807) is 0 Å². The van der Waals surface area contributed by atoms with E-state index in [9.17, 15) is 0 Å². The van der Waals surface area contributed by atoms with Gasteiger partial charge in [-0.3, -0.25) is 0 Å². The van der Waals surface area contributed by atoms with Crippen LogP contribution in [-0.4, -0.2) is 48.6 Å². The van der Waals surface area contributed by atoms with Crippen LogP contribution in [0, 0.1) is 0 Å². The van der Waals surface area contributed by atoms with Crippen molar-refractivity contribution in [1.29, 1.82) is 0 Å². The molecule has 2 nitrogen and oxygen atoms in total. The van der Waals surface area contributed by atoms with Crippen LogP contribution >= 0.6 is 11.8 Å². The largest absolute Gasteiger partial charge is 0.312 e. The minimum absolute atomic E-state index is 0.666. The van der Waals surface area contributed by atoms with Crippen molar-refractivity contribution in [1.82, 2.24) is 10.2 Å². The Labute approximate surface area is 86.5 Å². The van der Waals surface area contributed by atoms with E-state index in [0.717, 1.165) is 12.6 Å². The molecule has 1 heterocycles. The quantitative estimate of drug-likeness (QED) is 0.726. The van der Waals surface area contributed by atoms with Gasteiger partial charge < -0.3 is 10.2 Å². The molecule has 0 radical (unpaired) electrons. The third-order valence-electron chi connectivity index (χ3n) is 2.71. The molecule has 0 saturated carbocycles. The van der Waals surface area contributed by atoms with E-state index in [4.69, 9.17) is 0 Å². The van der Waals surface area contributed by atoms with Gasteiger partial charge >= 0.3 is 0 Å². The van der Waals surface area contributed by atoms with Gasteiger partial charge in [0, 0.05) is 30.9 Å². The highest BCUT2D eigenvalue weighted by Crippen LogP contribution is 2.16. The van der Waals surface area contributed by atoms with Gasteiger partial charge in [-0.05, 0) is 33.1 Å². The Morgan fingerprint density at radius 1 is 1.54 bits per heavy atom. The standard InChI is InChI=1S/C10H22N2S/c1-9(2)12(3)6-5-11-10-4-7-13-8-10/h9-11H,4-8H2,1-3H3. The third-order valence-corrected chi connectivity index (χ3v) is 3.87. The summed E-state index contributed by atoms with van der Waals surface area (Å²) in [6.45, 7) is 6.79. The van der Waals surface area contributed by atoms with Crippen LogP contribution in [0.1, 0.15) is 20.3 Å². The van der Waals surface area contributed by atoms with Gasteiger partial charge in [0.25, 0.3) is 0 Å². The first-order valence-corrected chi connectivity index (χ1v) is 6.37. The lowest BCUT2D eigenvalue weighted by molar-refractivity contribution is 0.270. The summed E-state index contributed by atoms with van der Waals surface area (Å²) in [6.07, 6.45) is 1.36. The summed E-state index contributed by atoms with van der Waals surface area (Å²) < 4.78 is 0. The summed E-state index contributed by atoms with van der Waals surface area (Å²) in [5.41, 5.74) is 0. The Morgan fingerprint density at radius 3 is 2.85 bits per heavy atom. The van der Waals surface area contributed by atoms with Gasteiger partial charge in [-0.25, -0.2) is 0 Å². The molecular weight excluding hydrogens is 180 g/mol. The lowest BCUT2D eigenvalue weighted by Crippen LogP contribution is -2.38. The lowest BCUT2D eigenvalue weighted by atomic mass is 10.2. The summed E-state index contributed by atoms with van der Waals surface area (Å²) in [5.74, 6) is 2.66. The summed E-state index contributed by atoms with van der Waals surface area (Å²) in [7, 11) is 2.19. The molecule has 0 bridgehead atoms. The average molecular weight is 202 g/mol. The first-order valence-electron chi connectivity index (χ1n) is 5.21. The van der Waals surface area contributed by atoms with E-state index in [0.29, 0.717) is 6.04 Å². The van der Waals surface area contributed by atoms with Crippen LogP contribution in [-0.2, 0) is 0 Å². The van der Waals surface area contributed by atoms with Gasteiger partial charge in [0.2, 0.25) is 0 Å². The molecule has 0 amide bonds. The number of nitrogens with zero attached hydrogens (tertiary/aromatic N) is 1. The van der Waals surface area contributed by atoms with Crippen molar-refractivity contribution in [2.75, 3.05) is 31.6 Å². The Bertz CT molecular complexity index is 131. The molecule has 78 valence electrons. The predicted molar refractivity (Wildman–Crippen MR) is 61.5 cm³/mol. The Hall–Kier alpha value is 0.270. The van der Waals surface area contributed by atoms with Gasteiger partial charge in [-0.2, -0.15) is 11.8 Å². The molecule has 0 aromatic heterocycles. The van der Waals surface area contributed by atoms with E-state index in [-0.39, 0.29) is 0 Å². The summed E-state index contributed by atoms with van der Waals surface area (Å²) in [6, 6.07) is 1.45. The Morgan fingerprint density at radius 2 is 2.31 bits per heavy atom. The molecule has 1 atom stereocenters. The van der Waals surface area contributed by atoms with Crippen molar-refractivity contribution >= 4 is 11.8 Å². The summed E-state index contributed by atoms with van der Waals surface area (Å²) in [5, 5.41) is 3.60. The molecule has 1 aliphatic rings. The molecule has 1 unspecified atom stereocenters. The van der Waals surface area contributed by atoms with Crippen LogP contribution in [0.4, 0.5) is 0 Å². The molecule has 13 heavy (non-hydrogen) atoms. The van der Waals surface area contributed by atoms with Crippen LogP contribution in [0.5, 0.6) is 0 Å². The van der Waals surface area contributed by atoms with Crippen molar-refractivity contribution in [2.45, 2.75) is 32.4 Å².